The van der Waals surface area contributed by atoms with Gasteiger partial charge in [-0.05, 0) is 30.0 Å². The molecule has 3 nitrogen and oxygen atoms in total. The zero-order valence-electron chi connectivity index (χ0n) is 10.4. The highest BCUT2D eigenvalue weighted by molar-refractivity contribution is 6.35. The predicted molar refractivity (Wildman–Crippen MR) is 77.3 cm³/mol. The molecular weight excluding hydrogens is 269 g/mol. The SMILES string of the molecule is CCCC(CN1CN=CN1)c1ccc(Cl)cc1Cl. The first kappa shape index (κ1) is 13.7. The zero-order chi connectivity index (χ0) is 13.0. The minimum absolute atomic E-state index is 0.397. The summed E-state index contributed by atoms with van der Waals surface area (Å²) in [5.74, 6) is 0.397. The van der Waals surface area contributed by atoms with Crippen LogP contribution in [0, 0.1) is 0 Å². The van der Waals surface area contributed by atoms with Crippen molar-refractivity contribution in [1.82, 2.24) is 10.4 Å². The summed E-state index contributed by atoms with van der Waals surface area (Å²) < 4.78 is 0. The molecule has 0 aliphatic carbocycles. The van der Waals surface area contributed by atoms with E-state index < -0.39 is 0 Å². The molecule has 0 saturated carbocycles. The fourth-order valence-corrected chi connectivity index (χ4v) is 2.77. The van der Waals surface area contributed by atoms with Gasteiger partial charge in [-0.3, -0.25) is 4.99 Å². The topological polar surface area (TPSA) is 27.6 Å². The first-order chi connectivity index (χ1) is 8.70. The molecule has 1 heterocycles. The van der Waals surface area contributed by atoms with Crippen LogP contribution >= 0.6 is 23.2 Å². The van der Waals surface area contributed by atoms with Crippen molar-refractivity contribution in [3.05, 3.63) is 33.8 Å². The van der Waals surface area contributed by atoms with E-state index in [0.717, 1.165) is 30.0 Å². The van der Waals surface area contributed by atoms with Crippen LogP contribution < -0.4 is 5.43 Å². The summed E-state index contributed by atoms with van der Waals surface area (Å²) in [5.41, 5.74) is 4.28. The molecule has 0 amide bonds. The molecule has 1 unspecified atom stereocenters. The standard InChI is InChI=1S/C13H17Cl2N3/c1-2-3-10(7-18-9-16-8-17-18)12-5-4-11(14)6-13(12)15/h4-6,8,10H,2-3,7,9H2,1H3,(H,16,17). The van der Waals surface area contributed by atoms with Gasteiger partial charge in [0.15, 0.2) is 0 Å². The van der Waals surface area contributed by atoms with Crippen LogP contribution in [0.5, 0.6) is 0 Å². The number of hydrazine groups is 1. The predicted octanol–water partition coefficient (Wildman–Crippen LogP) is 3.68. The Morgan fingerprint density at radius 2 is 2.28 bits per heavy atom. The normalized spacial score (nSPS) is 16.8. The van der Waals surface area contributed by atoms with Gasteiger partial charge in [-0.15, -0.1) is 0 Å². The lowest BCUT2D eigenvalue weighted by molar-refractivity contribution is 0.244. The maximum Gasteiger partial charge on any atom is 0.110 e. The number of nitrogens with zero attached hydrogens (tertiary/aromatic N) is 2. The molecule has 2 rings (SSSR count). The number of hydrogen-bond acceptors (Lipinski definition) is 3. The molecule has 0 aromatic heterocycles. The molecule has 1 aromatic rings. The number of benzene rings is 1. The van der Waals surface area contributed by atoms with Crippen LogP contribution in [-0.2, 0) is 0 Å². The molecule has 1 N–H and O–H groups in total. The summed E-state index contributed by atoms with van der Waals surface area (Å²) in [5, 5.41) is 3.52. The molecule has 1 aromatic carbocycles. The van der Waals surface area contributed by atoms with Gasteiger partial charge in [-0.1, -0.05) is 42.6 Å². The second-order valence-corrected chi connectivity index (χ2v) is 5.30. The van der Waals surface area contributed by atoms with Crippen molar-refractivity contribution >= 4 is 29.5 Å². The largest absolute Gasteiger partial charge is 0.308 e. The fourth-order valence-electron chi connectivity index (χ4n) is 2.21. The molecule has 0 bridgehead atoms. The molecule has 0 saturated heterocycles. The highest BCUT2D eigenvalue weighted by atomic mass is 35.5. The lowest BCUT2D eigenvalue weighted by atomic mass is 9.94. The molecule has 0 radical (unpaired) electrons. The number of hydrogen-bond donors (Lipinski definition) is 1. The van der Waals surface area contributed by atoms with Crippen molar-refractivity contribution in [2.24, 2.45) is 4.99 Å². The highest BCUT2D eigenvalue weighted by Gasteiger charge is 2.19. The van der Waals surface area contributed by atoms with E-state index in [2.05, 4.69) is 22.4 Å². The molecular formula is C13H17Cl2N3. The van der Waals surface area contributed by atoms with Gasteiger partial charge in [-0.2, -0.15) is 0 Å². The molecule has 0 fully saturated rings. The van der Waals surface area contributed by atoms with E-state index in [-0.39, 0.29) is 0 Å². The van der Waals surface area contributed by atoms with Gasteiger partial charge < -0.3 is 5.43 Å². The smallest absolute Gasteiger partial charge is 0.110 e. The van der Waals surface area contributed by atoms with Crippen LogP contribution in [0.15, 0.2) is 23.2 Å². The van der Waals surface area contributed by atoms with Gasteiger partial charge in [0.25, 0.3) is 0 Å². The van der Waals surface area contributed by atoms with Crippen molar-refractivity contribution in [3.8, 4) is 0 Å². The summed E-state index contributed by atoms with van der Waals surface area (Å²) >= 11 is 12.2. The summed E-state index contributed by atoms with van der Waals surface area (Å²) in [6.07, 6.45) is 3.95. The monoisotopic (exact) mass is 285 g/mol. The van der Waals surface area contributed by atoms with E-state index >= 15 is 0 Å². The third-order valence-electron chi connectivity index (χ3n) is 3.06. The number of aliphatic imine (C=N–C) groups is 1. The zero-order valence-corrected chi connectivity index (χ0v) is 11.9. The van der Waals surface area contributed by atoms with Crippen molar-refractivity contribution in [3.63, 3.8) is 0 Å². The second-order valence-electron chi connectivity index (χ2n) is 4.46. The molecule has 18 heavy (non-hydrogen) atoms. The average Bonchev–Trinajstić information content (AvgIpc) is 2.81. The Bertz CT molecular complexity index is 426. The van der Waals surface area contributed by atoms with Crippen molar-refractivity contribution < 1.29 is 0 Å². The number of nitrogens with one attached hydrogen (secondary N) is 1. The Morgan fingerprint density at radius 3 is 2.89 bits per heavy atom. The number of rotatable bonds is 5. The summed E-state index contributed by atoms with van der Waals surface area (Å²) in [7, 11) is 0. The molecule has 1 aliphatic rings. The molecule has 1 aliphatic heterocycles. The van der Waals surface area contributed by atoms with Gasteiger partial charge in [-0.25, -0.2) is 5.01 Å². The second kappa shape index (κ2) is 6.41. The Hall–Kier alpha value is -0.770. The van der Waals surface area contributed by atoms with E-state index in [4.69, 9.17) is 23.2 Å². The van der Waals surface area contributed by atoms with Gasteiger partial charge in [0.1, 0.15) is 6.67 Å². The van der Waals surface area contributed by atoms with Gasteiger partial charge in [0.2, 0.25) is 0 Å². The lowest BCUT2D eigenvalue weighted by Gasteiger charge is -2.23. The maximum atomic E-state index is 6.29. The molecule has 5 heteroatoms. The number of halogens is 2. The Labute approximate surface area is 118 Å². The van der Waals surface area contributed by atoms with Crippen LogP contribution in [0.4, 0.5) is 0 Å². The van der Waals surface area contributed by atoms with E-state index in [1.54, 1.807) is 6.34 Å². The van der Waals surface area contributed by atoms with Gasteiger partial charge in [0, 0.05) is 16.6 Å². The van der Waals surface area contributed by atoms with Crippen molar-refractivity contribution in [2.45, 2.75) is 25.7 Å². The Balaban J connectivity index is 2.12. The van der Waals surface area contributed by atoms with Crippen LogP contribution in [0.2, 0.25) is 10.0 Å². The van der Waals surface area contributed by atoms with E-state index in [1.807, 2.05) is 18.2 Å². The molecule has 1 atom stereocenters. The van der Waals surface area contributed by atoms with Gasteiger partial charge in [0.05, 0.1) is 6.34 Å². The van der Waals surface area contributed by atoms with Gasteiger partial charge >= 0.3 is 0 Å². The summed E-state index contributed by atoms with van der Waals surface area (Å²) in [4.78, 5) is 4.14. The van der Waals surface area contributed by atoms with Crippen LogP contribution in [0.1, 0.15) is 31.2 Å². The van der Waals surface area contributed by atoms with Crippen LogP contribution in [0.3, 0.4) is 0 Å². The van der Waals surface area contributed by atoms with E-state index in [9.17, 15) is 0 Å². The third-order valence-corrected chi connectivity index (χ3v) is 3.63. The lowest BCUT2D eigenvalue weighted by Crippen LogP contribution is -2.35. The third kappa shape index (κ3) is 3.37. The minimum atomic E-state index is 0.397. The molecule has 98 valence electrons. The first-order valence-electron chi connectivity index (χ1n) is 6.15. The minimum Gasteiger partial charge on any atom is -0.308 e. The van der Waals surface area contributed by atoms with E-state index in [1.165, 1.54) is 0 Å². The van der Waals surface area contributed by atoms with Crippen LogP contribution in [-0.4, -0.2) is 24.6 Å². The Morgan fingerprint density at radius 1 is 1.44 bits per heavy atom. The van der Waals surface area contributed by atoms with Crippen LogP contribution in [0.25, 0.3) is 0 Å². The quantitative estimate of drug-likeness (QED) is 0.894. The summed E-state index contributed by atoms with van der Waals surface area (Å²) in [6, 6.07) is 5.75. The Kier molecular flexibility index (Phi) is 4.87. The fraction of sp³-hybridized carbons (Fsp3) is 0.462. The molecule has 0 spiro atoms. The van der Waals surface area contributed by atoms with Crippen molar-refractivity contribution in [1.29, 1.82) is 0 Å². The highest BCUT2D eigenvalue weighted by Crippen LogP contribution is 2.31. The maximum absolute atomic E-state index is 6.29. The van der Waals surface area contributed by atoms with Crippen molar-refractivity contribution in [2.75, 3.05) is 13.2 Å². The van der Waals surface area contributed by atoms with E-state index in [0.29, 0.717) is 17.6 Å². The summed E-state index contributed by atoms with van der Waals surface area (Å²) in [6.45, 7) is 3.78. The first-order valence-corrected chi connectivity index (χ1v) is 6.90. The average molecular weight is 286 g/mol.